The van der Waals surface area contributed by atoms with Gasteiger partial charge in [-0.25, -0.2) is 14.8 Å². The zero-order chi connectivity index (χ0) is 15.4. The number of nitrogens with zero attached hydrogens (tertiary/aromatic N) is 3. The standard InChI is InChI=1S/C12H10BrClN4O3/c13-7-3-8(10(14)16-4-7)11(19)15-1-2-18-5-9(12(20)21)17-6-18/h3-6H,1-2H2,(H,15,19)(H,20,21). The predicted molar refractivity (Wildman–Crippen MR) is 78.5 cm³/mol. The molecule has 0 aliphatic rings. The lowest BCUT2D eigenvalue weighted by Gasteiger charge is -2.07. The van der Waals surface area contributed by atoms with E-state index in [0.29, 0.717) is 17.6 Å². The number of pyridine rings is 1. The van der Waals surface area contributed by atoms with Gasteiger partial charge in [-0.1, -0.05) is 11.6 Å². The van der Waals surface area contributed by atoms with Crippen LogP contribution in [0, 0.1) is 0 Å². The van der Waals surface area contributed by atoms with Gasteiger partial charge in [0.2, 0.25) is 0 Å². The first kappa shape index (κ1) is 15.5. The second-order valence-electron chi connectivity index (χ2n) is 4.05. The summed E-state index contributed by atoms with van der Waals surface area (Å²) in [4.78, 5) is 30.2. The number of hydrogen-bond donors (Lipinski definition) is 2. The fourth-order valence-corrected chi connectivity index (χ4v) is 2.09. The average Bonchev–Trinajstić information content (AvgIpc) is 2.90. The Balaban J connectivity index is 1.92. The van der Waals surface area contributed by atoms with Gasteiger partial charge in [0.05, 0.1) is 11.9 Å². The highest BCUT2D eigenvalue weighted by Gasteiger charge is 2.12. The molecule has 0 atom stereocenters. The van der Waals surface area contributed by atoms with Crippen molar-refractivity contribution in [3.05, 3.63) is 45.7 Å². The van der Waals surface area contributed by atoms with E-state index in [1.165, 1.54) is 18.7 Å². The molecule has 2 rings (SSSR count). The van der Waals surface area contributed by atoms with Crippen LogP contribution in [0.3, 0.4) is 0 Å². The van der Waals surface area contributed by atoms with Crippen LogP contribution in [0.15, 0.2) is 29.3 Å². The van der Waals surface area contributed by atoms with Gasteiger partial charge in [-0.15, -0.1) is 0 Å². The molecule has 0 unspecified atom stereocenters. The molecule has 2 heterocycles. The highest BCUT2D eigenvalue weighted by molar-refractivity contribution is 9.10. The molecule has 0 fully saturated rings. The Hall–Kier alpha value is -1.93. The number of nitrogens with one attached hydrogen (secondary N) is 1. The molecule has 0 aliphatic heterocycles. The number of carboxylic acid groups (broad SMARTS) is 1. The van der Waals surface area contributed by atoms with Gasteiger partial charge in [0, 0.05) is 30.0 Å². The number of aromatic nitrogens is 3. The molecule has 0 saturated heterocycles. The van der Waals surface area contributed by atoms with E-state index >= 15 is 0 Å². The zero-order valence-corrected chi connectivity index (χ0v) is 12.9. The minimum atomic E-state index is -1.09. The molecule has 110 valence electrons. The molecule has 21 heavy (non-hydrogen) atoms. The summed E-state index contributed by atoms with van der Waals surface area (Å²) in [6.45, 7) is 0.697. The highest BCUT2D eigenvalue weighted by atomic mass is 79.9. The quantitative estimate of drug-likeness (QED) is 0.779. The number of carbonyl (C=O) groups excluding carboxylic acids is 1. The number of amides is 1. The van der Waals surface area contributed by atoms with Crippen LogP contribution in [0.25, 0.3) is 0 Å². The minimum Gasteiger partial charge on any atom is -0.476 e. The smallest absolute Gasteiger partial charge is 0.356 e. The van der Waals surface area contributed by atoms with Crippen molar-refractivity contribution < 1.29 is 14.7 Å². The number of aromatic carboxylic acids is 1. The van der Waals surface area contributed by atoms with Crippen LogP contribution >= 0.6 is 27.5 Å². The number of rotatable bonds is 5. The lowest BCUT2D eigenvalue weighted by molar-refractivity contribution is 0.0690. The van der Waals surface area contributed by atoms with Crippen LogP contribution in [0.5, 0.6) is 0 Å². The monoisotopic (exact) mass is 372 g/mol. The zero-order valence-electron chi connectivity index (χ0n) is 10.6. The summed E-state index contributed by atoms with van der Waals surface area (Å²) in [5.41, 5.74) is 0.225. The van der Waals surface area contributed by atoms with Gasteiger partial charge >= 0.3 is 5.97 Å². The molecular formula is C12H10BrClN4O3. The van der Waals surface area contributed by atoms with E-state index < -0.39 is 5.97 Å². The lowest BCUT2D eigenvalue weighted by Crippen LogP contribution is -2.27. The summed E-state index contributed by atoms with van der Waals surface area (Å²) in [5, 5.41) is 11.5. The molecule has 2 aromatic rings. The van der Waals surface area contributed by atoms with Crippen molar-refractivity contribution in [3.63, 3.8) is 0 Å². The van der Waals surface area contributed by atoms with Crippen molar-refractivity contribution in [1.82, 2.24) is 19.9 Å². The minimum absolute atomic E-state index is 0.0411. The van der Waals surface area contributed by atoms with Crippen LogP contribution < -0.4 is 5.32 Å². The summed E-state index contributed by atoms with van der Waals surface area (Å²) < 4.78 is 2.22. The maximum absolute atomic E-state index is 11.9. The summed E-state index contributed by atoms with van der Waals surface area (Å²) in [6.07, 6.45) is 4.28. The third-order valence-electron chi connectivity index (χ3n) is 2.56. The number of halogens is 2. The van der Waals surface area contributed by atoms with Crippen LogP contribution in [0.4, 0.5) is 0 Å². The van der Waals surface area contributed by atoms with Gasteiger partial charge in [0.1, 0.15) is 5.15 Å². The maximum atomic E-state index is 11.9. The molecule has 7 nitrogen and oxygen atoms in total. The molecule has 0 aliphatic carbocycles. The number of imidazole rings is 1. The molecule has 0 saturated carbocycles. The van der Waals surface area contributed by atoms with Gasteiger partial charge in [0.15, 0.2) is 5.69 Å². The molecule has 0 bridgehead atoms. The van der Waals surface area contributed by atoms with Crippen molar-refractivity contribution >= 4 is 39.4 Å². The molecule has 2 aromatic heterocycles. The fourth-order valence-electron chi connectivity index (χ4n) is 1.57. The Labute approximate surface area is 133 Å². The highest BCUT2D eigenvalue weighted by Crippen LogP contribution is 2.17. The molecule has 1 amide bonds. The Morgan fingerprint density at radius 3 is 2.86 bits per heavy atom. The summed E-state index contributed by atoms with van der Waals surface area (Å²) in [7, 11) is 0. The average molecular weight is 374 g/mol. The van der Waals surface area contributed by atoms with Crippen molar-refractivity contribution in [1.29, 1.82) is 0 Å². The summed E-state index contributed by atoms with van der Waals surface area (Å²) in [5.74, 6) is -1.45. The second-order valence-corrected chi connectivity index (χ2v) is 5.32. The van der Waals surface area contributed by atoms with Gasteiger partial charge in [-0.05, 0) is 22.0 Å². The molecule has 9 heteroatoms. The topological polar surface area (TPSA) is 97.1 Å². The summed E-state index contributed by atoms with van der Waals surface area (Å²) >= 11 is 9.07. The predicted octanol–water partition coefficient (Wildman–Crippen LogP) is 1.82. The normalized spacial score (nSPS) is 10.4. The van der Waals surface area contributed by atoms with Crippen LogP contribution in [0.1, 0.15) is 20.8 Å². The molecule has 2 N–H and O–H groups in total. The van der Waals surface area contributed by atoms with Gasteiger partial charge < -0.3 is 15.0 Å². The van der Waals surface area contributed by atoms with Crippen LogP contribution in [-0.4, -0.2) is 38.1 Å². The maximum Gasteiger partial charge on any atom is 0.356 e. The lowest BCUT2D eigenvalue weighted by atomic mass is 10.2. The molecule has 0 aromatic carbocycles. The van der Waals surface area contributed by atoms with E-state index in [1.54, 1.807) is 10.6 Å². The molecule has 0 spiro atoms. The first-order valence-electron chi connectivity index (χ1n) is 5.81. The SMILES string of the molecule is O=C(O)c1cn(CCNC(=O)c2cc(Br)cnc2Cl)cn1. The third-order valence-corrected chi connectivity index (χ3v) is 3.29. The molecular weight excluding hydrogens is 364 g/mol. The largest absolute Gasteiger partial charge is 0.476 e. The van der Waals surface area contributed by atoms with Crippen LogP contribution in [0.2, 0.25) is 5.15 Å². The summed E-state index contributed by atoms with van der Waals surface area (Å²) in [6, 6.07) is 1.57. The van der Waals surface area contributed by atoms with Crippen molar-refractivity contribution in [3.8, 4) is 0 Å². The van der Waals surface area contributed by atoms with Gasteiger partial charge in [0.25, 0.3) is 5.91 Å². The van der Waals surface area contributed by atoms with Crippen molar-refractivity contribution in [2.45, 2.75) is 6.54 Å². The van der Waals surface area contributed by atoms with E-state index in [-0.39, 0.29) is 22.3 Å². The van der Waals surface area contributed by atoms with E-state index in [2.05, 4.69) is 31.2 Å². The van der Waals surface area contributed by atoms with E-state index in [4.69, 9.17) is 16.7 Å². The number of hydrogen-bond acceptors (Lipinski definition) is 4. The fraction of sp³-hybridized carbons (Fsp3) is 0.167. The van der Waals surface area contributed by atoms with Crippen molar-refractivity contribution in [2.24, 2.45) is 0 Å². The first-order valence-corrected chi connectivity index (χ1v) is 6.99. The third kappa shape index (κ3) is 4.02. The Kier molecular flexibility index (Phi) is 4.92. The number of carboxylic acids is 1. The second kappa shape index (κ2) is 6.68. The Morgan fingerprint density at radius 1 is 1.43 bits per heavy atom. The van der Waals surface area contributed by atoms with Crippen LogP contribution in [-0.2, 0) is 6.54 Å². The Bertz CT molecular complexity index is 689. The first-order chi connectivity index (χ1) is 9.97. The van der Waals surface area contributed by atoms with E-state index in [1.807, 2.05) is 0 Å². The van der Waals surface area contributed by atoms with E-state index in [0.717, 1.165) is 0 Å². The van der Waals surface area contributed by atoms with Gasteiger partial charge in [-0.3, -0.25) is 4.79 Å². The molecule has 0 radical (unpaired) electrons. The van der Waals surface area contributed by atoms with Gasteiger partial charge in [-0.2, -0.15) is 0 Å². The Morgan fingerprint density at radius 2 is 2.19 bits per heavy atom. The van der Waals surface area contributed by atoms with E-state index in [9.17, 15) is 9.59 Å². The number of carbonyl (C=O) groups is 2. The van der Waals surface area contributed by atoms with Crippen molar-refractivity contribution in [2.75, 3.05) is 6.54 Å².